The minimum atomic E-state index is -1.74. The van der Waals surface area contributed by atoms with Crippen molar-refractivity contribution in [1.29, 1.82) is 0 Å². The van der Waals surface area contributed by atoms with Crippen LogP contribution in [0.15, 0.2) is 16.9 Å². The SMILES string of the molecule is [N-]=[N+]=N[C@H]1C=C(C(=O)[O-])O[C@@H]([C@H](O)[C@H](O)CO)[C@@H]1NC(=O)C1CCC1. The third kappa shape index (κ3) is 4.20. The Bertz CT molecular complexity index is 600. The molecule has 0 aromatic carbocycles. The number of aliphatic hydroxyl groups is 3. The quantitative estimate of drug-likeness (QED) is 0.224. The Morgan fingerprint density at radius 2 is 2.16 bits per heavy atom. The number of carboxylic acid groups (broad SMARTS) is 1. The number of carbonyl (C=O) groups is 2. The van der Waals surface area contributed by atoms with E-state index in [-0.39, 0.29) is 11.8 Å². The van der Waals surface area contributed by atoms with Crippen molar-refractivity contribution in [2.75, 3.05) is 6.61 Å². The van der Waals surface area contributed by atoms with Gasteiger partial charge in [0.2, 0.25) is 5.91 Å². The van der Waals surface area contributed by atoms with Crippen LogP contribution in [0.3, 0.4) is 0 Å². The molecule has 1 fully saturated rings. The average Bonchev–Trinajstić information content (AvgIpc) is 2.53. The number of amides is 1. The van der Waals surface area contributed by atoms with Crippen molar-refractivity contribution in [1.82, 2.24) is 5.32 Å². The highest BCUT2D eigenvalue weighted by Gasteiger charge is 2.43. The maximum atomic E-state index is 12.2. The number of azide groups is 1. The zero-order valence-corrected chi connectivity index (χ0v) is 13.2. The van der Waals surface area contributed by atoms with Crippen LogP contribution in [0, 0.1) is 5.92 Å². The van der Waals surface area contributed by atoms with Gasteiger partial charge in [0.05, 0.1) is 18.7 Å². The highest BCUT2D eigenvalue weighted by Crippen LogP contribution is 2.29. The van der Waals surface area contributed by atoms with Crippen LogP contribution < -0.4 is 10.4 Å². The van der Waals surface area contributed by atoms with Gasteiger partial charge in [-0.25, -0.2) is 0 Å². The molecule has 2 aliphatic rings. The van der Waals surface area contributed by atoms with E-state index in [1.165, 1.54) is 0 Å². The fourth-order valence-corrected chi connectivity index (χ4v) is 2.72. The van der Waals surface area contributed by atoms with Crippen molar-refractivity contribution in [2.24, 2.45) is 11.0 Å². The molecule has 1 aliphatic heterocycles. The van der Waals surface area contributed by atoms with E-state index in [1.807, 2.05) is 0 Å². The van der Waals surface area contributed by atoms with Gasteiger partial charge in [0.25, 0.3) is 0 Å². The number of nitrogens with one attached hydrogen (secondary N) is 1. The Labute approximate surface area is 142 Å². The summed E-state index contributed by atoms with van der Waals surface area (Å²) in [5, 5.41) is 45.9. The van der Waals surface area contributed by atoms with Crippen molar-refractivity contribution in [2.45, 2.75) is 49.7 Å². The van der Waals surface area contributed by atoms with Crippen LogP contribution in [0.25, 0.3) is 10.4 Å². The van der Waals surface area contributed by atoms with Gasteiger partial charge in [-0.15, -0.1) is 0 Å². The Morgan fingerprint density at radius 1 is 1.48 bits per heavy atom. The third-order valence-electron chi connectivity index (χ3n) is 4.40. The number of rotatable bonds is 7. The molecule has 0 aromatic rings. The molecule has 1 amide bonds. The van der Waals surface area contributed by atoms with Crippen molar-refractivity contribution >= 4 is 11.9 Å². The lowest BCUT2D eigenvalue weighted by Crippen LogP contribution is -2.61. The molecular weight excluding hydrogens is 336 g/mol. The predicted molar refractivity (Wildman–Crippen MR) is 79.3 cm³/mol. The van der Waals surface area contributed by atoms with E-state index in [1.54, 1.807) is 0 Å². The van der Waals surface area contributed by atoms with E-state index in [0.29, 0.717) is 12.8 Å². The van der Waals surface area contributed by atoms with Gasteiger partial charge in [-0.05, 0) is 24.4 Å². The Balaban J connectivity index is 2.32. The van der Waals surface area contributed by atoms with Gasteiger partial charge in [-0.1, -0.05) is 11.5 Å². The molecular formula is C14H19N4O7-. The average molecular weight is 355 g/mol. The molecule has 4 N–H and O–H groups in total. The molecule has 11 nitrogen and oxygen atoms in total. The summed E-state index contributed by atoms with van der Waals surface area (Å²) in [5.41, 5.74) is 8.70. The molecule has 11 heteroatoms. The lowest BCUT2D eigenvalue weighted by atomic mass is 9.84. The molecule has 1 aliphatic carbocycles. The topological polar surface area (TPSA) is 188 Å². The number of nitrogens with zero attached hydrogens (tertiary/aromatic N) is 3. The molecule has 0 radical (unpaired) electrons. The summed E-state index contributed by atoms with van der Waals surface area (Å²) in [4.78, 5) is 25.9. The molecule has 25 heavy (non-hydrogen) atoms. The molecule has 0 aromatic heterocycles. The van der Waals surface area contributed by atoms with E-state index in [2.05, 4.69) is 15.3 Å². The normalized spacial score (nSPS) is 28.4. The highest BCUT2D eigenvalue weighted by molar-refractivity contribution is 5.83. The molecule has 0 spiro atoms. The lowest BCUT2D eigenvalue weighted by Gasteiger charge is -2.40. The van der Waals surface area contributed by atoms with Crippen molar-refractivity contribution < 1.29 is 34.8 Å². The molecule has 0 unspecified atom stereocenters. The van der Waals surface area contributed by atoms with Crippen molar-refractivity contribution in [3.05, 3.63) is 22.3 Å². The maximum absolute atomic E-state index is 12.2. The summed E-state index contributed by atoms with van der Waals surface area (Å²) in [6.45, 7) is -0.819. The molecule has 1 heterocycles. The summed E-state index contributed by atoms with van der Waals surface area (Å²) in [7, 11) is 0. The summed E-state index contributed by atoms with van der Waals surface area (Å²) in [6.07, 6.45) is -1.59. The predicted octanol–water partition coefficient (Wildman–Crippen LogP) is -2.30. The number of ether oxygens (including phenoxy) is 1. The second-order valence-corrected chi connectivity index (χ2v) is 6.00. The molecule has 138 valence electrons. The molecule has 5 atom stereocenters. The summed E-state index contributed by atoms with van der Waals surface area (Å²) >= 11 is 0. The van der Waals surface area contributed by atoms with Crippen LogP contribution >= 0.6 is 0 Å². The first-order valence-electron chi connectivity index (χ1n) is 7.80. The van der Waals surface area contributed by atoms with Crippen LogP contribution in [-0.2, 0) is 14.3 Å². The van der Waals surface area contributed by atoms with Gasteiger partial charge >= 0.3 is 0 Å². The molecule has 0 bridgehead atoms. The van der Waals surface area contributed by atoms with Gasteiger partial charge in [0, 0.05) is 10.8 Å². The number of hydrogen-bond acceptors (Lipinski definition) is 8. The van der Waals surface area contributed by atoms with Gasteiger partial charge in [-0.2, -0.15) is 0 Å². The summed E-state index contributed by atoms with van der Waals surface area (Å²) < 4.78 is 5.13. The number of carboxylic acids is 1. The van der Waals surface area contributed by atoms with E-state index in [0.717, 1.165) is 12.5 Å². The van der Waals surface area contributed by atoms with Crippen LogP contribution in [0.4, 0.5) is 0 Å². The van der Waals surface area contributed by atoms with Crippen LogP contribution in [0.5, 0.6) is 0 Å². The summed E-state index contributed by atoms with van der Waals surface area (Å²) in [5.74, 6) is -2.98. The Hall–Kier alpha value is -2.33. The number of aliphatic carboxylic acids is 1. The van der Waals surface area contributed by atoms with E-state index in [4.69, 9.17) is 15.4 Å². The van der Waals surface area contributed by atoms with E-state index >= 15 is 0 Å². The van der Waals surface area contributed by atoms with E-state index in [9.17, 15) is 24.9 Å². The van der Waals surface area contributed by atoms with Crippen LogP contribution in [0.2, 0.25) is 0 Å². The smallest absolute Gasteiger partial charge is 0.223 e. The maximum Gasteiger partial charge on any atom is 0.223 e. The van der Waals surface area contributed by atoms with Gasteiger partial charge in [0.1, 0.15) is 30.0 Å². The number of hydrogen-bond donors (Lipinski definition) is 4. The molecule has 2 rings (SSSR count). The first-order valence-corrected chi connectivity index (χ1v) is 7.80. The third-order valence-corrected chi connectivity index (χ3v) is 4.40. The molecule has 0 saturated heterocycles. The van der Waals surface area contributed by atoms with Crippen LogP contribution in [0.1, 0.15) is 19.3 Å². The van der Waals surface area contributed by atoms with Gasteiger partial charge < -0.3 is 35.3 Å². The summed E-state index contributed by atoms with van der Waals surface area (Å²) in [6, 6.07) is -2.30. The van der Waals surface area contributed by atoms with E-state index < -0.39 is 48.7 Å². The number of carbonyl (C=O) groups excluding carboxylic acids is 2. The number of aliphatic hydroxyl groups excluding tert-OH is 3. The standard InChI is InChI=1S/C14H20N4O7/c15-18-17-7-4-9(14(23)24)25-12(11(21)8(20)5-19)10(7)16-13(22)6-2-1-3-6/h4,6-8,10-12,19-21H,1-3,5H2,(H,16,22)(H,23,24)/p-1/t7-,8+,10+,11+,12+/m0/s1. The van der Waals surface area contributed by atoms with Gasteiger partial charge in [-0.3, -0.25) is 4.79 Å². The first kappa shape index (κ1) is 19.0. The Morgan fingerprint density at radius 3 is 2.64 bits per heavy atom. The van der Waals surface area contributed by atoms with Crippen molar-refractivity contribution in [3.8, 4) is 0 Å². The van der Waals surface area contributed by atoms with Crippen molar-refractivity contribution in [3.63, 3.8) is 0 Å². The fraction of sp³-hybridized carbons (Fsp3) is 0.714. The second kappa shape index (κ2) is 8.17. The monoisotopic (exact) mass is 355 g/mol. The zero-order chi connectivity index (χ0) is 18.6. The molecule has 1 saturated carbocycles. The first-order chi connectivity index (χ1) is 11.9. The largest absolute Gasteiger partial charge is 0.542 e. The Kier molecular flexibility index (Phi) is 6.21. The zero-order valence-electron chi connectivity index (χ0n) is 13.2. The lowest BCUT2D eigenvalue weighted by molar-refractivity contribution is -0.305. The minimum Gasteiger partial charge on any atom is -0.542 e. The second-order valence-electron chi connectivity index (χ2n) is 6.00. The highest BCUT2D eigenvalue weighted by atomic mass is 16.5. The van der Waals surface area contributed by atoms with Gasteiger partial charge in [0.15, 0.2) is 0 Å². The van der Waals surface area contributed by atoms with Crippen LogP contribution in [-0.4, -0.2) is 64.2 Å². The fourth-order valence-electron chi connectivity index (χ4n) is 2.72. The minimum absolute atomic E-state index is 0.223.